The third kappa shape index (κ3) is 3.34. The first-order chi connectivity index (χ1) is 7.59. The Labute approximate surface area is 98.2 Å². The molecule has 0 amide bonds. The Morgan fingerprint density at radius 1 is 1.50 bits per heavy atom. The van der Waals surface area contributed by atoms with Gasteiger partial charge in [-0.3, -0.25) is 4.68 Å². The molecule has 1 fully saturated rings. The van der Waals surface area contributed by atoms with Crippen molar-refractivity contribution in [1.29, 1.82) is 0 Å². The van der Waals surface area contributed by atoms with Crippen molar-refractivity contribution in [3.63, 3.8) is 0 Å². The SMILES string of the molecule is CCn1cc(CC(C)(C)CNC2CC2)cn1. The average Bonchev–Trinajstić information content (AvgIpc) is 2.96. The number of aryl methyl sites for hydroxylation is 1. The molecule has 0 saturated heterocycles. The van der Waals surface area contributed by atoms with Crippen LogP contribution >= 0.6 is 0 Å². The van der Waals surface area contributed by atoms with Crippen LogP contribution in [0.1, 0.15) is 39.2 Å². The summed E-state index contributed by atoms with van der Waals surface area (Å²) in [5.41, 5.74) is 1.67. The van der Waals surface area contributed by atoms with Crippen molar-refractivity contribution in [1.82, 2.24) is 15.1 Å². The summed E-state index contributed by atoms with van der Waals surface area (Å²) in [5, 5.41) is 7.93. The lowest BCUT2D eigenvalue weighted by Gasteiger charge is -2.24. The highest BCUT2D eigenvalue weighted by Gasteiger charge is 2.25. The van der Waals surface area contributed by atoms with Gasteiger partial charge in [-0.2, -0.15) is 5.10 Å². The van der Waals surface area contributed by atoms with E-state index in [4.69, 9.17) is 0 Å². The first-order valence-electron chi connectivity index (χ1n) is 6.34. The summed E-state index contributed by atoms with van der Waals surface area (Å²) >= 11 is 0. The van der Waals surface area contributed by atoms with Gasteiger partial charge in [-0.25, -0.2) is 0 Å². The van der Waals surface area contributed by atoms with Crippen LogP contribution in [0.15, 0.2) is 12.4 Å². The fraction of sp³-hybridized carbons (Fsp3) is 0.769. The molecule has 1 heterocycles. The lowest BCUT2D eigenvalue weighted by atomic mass is 9.86. The van der Waals surface area contributed by atoms with Crippen LogP contribution < -0.4 is 5.32 Å². The summed E-state index contributed by atoms with van der Waals surface area (Å²) in [4.78, 5) is 0. The van der Waals surface area contributed by atoms with Gasteiger partial charge in [-0.1, -0.05) is 13.8 Å². The normalized spacial score (nSPS) is 16.7. The highest BCUT2D eigenvalue weighted by Crippen LogP contribution is 2.24. The largest absolute Gasteiger partial charge is 0.313 e. The first-order valence-corrected chi connectivity index (χ1v) is 6.34. The number of nitrogens with zero attached hydrogens (tertiary/aromatic N) is 2. The summed E-state index contributed by atoms with van der Waals surface area (Å²) in [7, 11) is 0. The van der Waals surface area contributed by atoms with Crippen molar-refractivity contribution in [3.05, 3.63) is 18.0 Å². The molecule has 1 aliphatic rings. The van der Waals surface area contributed by atoms with E-state index in [-0.39, 0.29) is 0 Å². The van der Waals surface area contributed by atoms with E-state index in [1.54, 1.807) is 0 Å². The molecule has 3 heteroatoms. The molecule has 1 aromatic heterocycles. The molecule has 0 unspecified atom stereocenters. The maximum absolute atomic E-state index is 4.32. The molecule has 3 nitrogen and oxygen atoms in total. The van der Waals surface area contributed by atoms with Crippen molar-refractivity contribution >= 4 is 0 Å². The van der Waals surface area contributed by atoms with Crippen LogP contribution in [0.5, 0.6) is 0 Å². The van der Waals surface area contributed by atoms with Crippen LogP contribution in [-0.4, -0.2) is 22.4 Å². The first kappa shape index (κ1) is 11.6. The van der Waals surface area contributed by atoms with Gasteiger partial charge in [0.2, 0.25) is 0 Å². The minimum Gasteiger partial charge on any atom is -0.313 e. The molecule has 90 valence electrons. The monoisotopic (exact) mass is 221 g/mol. The summed E-state index contributed by atoms with van der Waals surface area (Å²) in [5.74, 6) is 0. The molecule has 1 aromatic rings. The molecule has 0 aromatic carbocycles. The van der Waals surface area contributed by atoms with Gasteiger partial charge in [0.05, 0.1) is 6.20 Å². The number of rotatable bonds is 6. The molecule has 1 N–H and O–H groups in total. The summed E-state index contributed by atoms with van der Waals surface area (Å²) in [6.07, 6.45) is 8.00. The van der Waals surface area contributed by atoms with Gasteiger partial charge in [0.1, 0.15) is 0 Å². The zero-order valence-corrected chi connectivity index (χ0v) is 10.7. The summed E-state index contributed by atoms with van der Waals surface area (Å²) in [6.45, 7) is 8.84. The molecule has 2 rings (SSSR count). The van der Waals surface area contributed by atoms with Crippen molar-refractivity contribution in [2.45, 2.75) is 52.6 Å². The van der Waals surface area contributed by atoms with Crippen molar-refractivity contribution < 1.29 is 0 Å². The van der Waals surface area contributed by atoms with Gasteiger partial charge in [-0.05, 0) is 37.2 Å². The fourth-order valence-corrected chi connectivity index (χ4v) is 1.99. The number of nitrogens with one attached hydrogen (secondary N) is 1. The third-order valence-corrected chi connectivity index (χ3v) is 3.14. The Morgan fingerprint density at radius 2 is 2.25 bits per heavy atom. The minimum absolute atomic E-state index is 0.324. The molecule has 16 heavy (non-hydrogen) atoms. The van der Waals surface area contributed by atoms with Crippen molar-refractivity contribution in [2.75, 3.05) is 6.54 Å². The predicted molar refractivity (Wildman–Crippen MR) is 66.4 cm³/mol. The van der Waals surface area contributed by atoms with Crippen LogP contribution in [0.4, 0.5) is 0 Å². The maximum atomic E-state index is 4.32. The van der Waals surface area contributed by atoms with Crippen LogP contribution in [0.25, 0.3) is 0 Å². The molecule has 0 bridgehead atoms. The van der Waals surface area contributed by atoms with Gasteiger partial charge in [0.15, 0.2) is 0 Å². The molecule has 0 atom stereocenters. The summed E-state index contributed by atoms with van der Waals surface area (Å²) in [6, 6.07) is 0.803. The second kappa shape index (κ2) is 4.58. The van der Waals surface area contributed by atoms with E-state index in [9.17, 15) is 0 Å². The average molecular weight is 221 g/mol. The Kier molecular flexibility index (Phi) is 3.33. The van der Waals surface area contributed by atoms with Crippen molar-refractivity contribution in [2.24, 2.45) is 5.41 Å². The fourth-order valence-electron chi connectivity index (χ4n) is 1.99. The lowest BCUT2D eigenvalue weighted by molar-refractivity contribution is 0.337. The Bertz CT molecular complexity index is 337. The van der Waals surface area contributed by atoms with Gasteiger partial charge in [0.25, 0.3) is 0 Å². The second-order valence-electron chi connectivity index (χ2n) is 5.70. The van der Waals surface area contributed by atoms with Crippen molar-refractivity contribution in [3.8, 4) is 0 Å². The Hall–Kier alpha value is -0.830. The zero-order valence-electron chi connectivity index (χ0n) is 10.7. The van der Waals surface area contributed by atoms with Gasteiger partial charge < -0.3 is 5.32 Å². The maximum Gasteiger partial charge on any atom is 0.0521 e. The third-order valence-electron chi connectivity index (χ3n) is 3.14. The van der Waals surface area contributed by atoms with E-state index in [0.29, 0.717) is 5.41 Å². The molecular formula is C13H23N3. The zero-order chi connectivity index (χ0) is 11.6. The number of hydrogen-bond donors (Lipinski definition) is 1. The van der Waals surface area contributed by atoms with E-state index in [1.165, 1.54) is 18.4 Å². The highest BCUT2D eigenvalue weighted by atomic mass is 15.3. The van der Waals surface area contributed by atoms with E-state index in [1.807, 2.05) is 10.9 Å². The van der Waals surface area contributed by atoms with Gasteiger partial charge >= 0.3 is 0 Å². The Morgan fingerprint density at radius 3 is 2.81 bits per heavy atom. The highest BCUT2D eigenvalue weighted by molar-refractivity contribution is 5.07. The molecule has 1 saturated carbocycles. The standard InChI is InChI=1S/C13H23N3/c1-4-16-9-11(8-15-16)7-13(2,3)10-14-12-5-6-12/h8-9,12,14H,4-7,10H2,1-3H3. The molecule has 0 spiro atoms. The van der Waals surface area contributed by atoms with Crippen LogP contribution in [0.3, 0.4) is 0 Å². The van der Waals surface area contributed by atoms with E-state index >= 15 is 0 Å². The van der Waals surface area contributed by atoms with E-state index in [2.05, 4.69) is 37.4 Å². The quantitative estimate of drug-likeness (QED) is 0.798. The lowest BCUT2D eigenvalue weighted by Crippen LogP contribution is -2.32. The molecular weight excluding hydrogens is 198 g/mol. The van der Waals surface area contributed by atoms with Gasteiger partial charge in [-0.15, -0.1) is 0 Å². The minimum atomic E-state index is 0.324. The number of hydrogen-bond acceptors (Lipinski definition) is 2. The second-order valence-corrected chi connectivity index (χ2v) is 5.70. The summed E-state index contributed by atoms with van der Waals surface area (Å²) < 4.78 is 2.00. The van der Waals surface area contributed by atoms with E-state index < -0.39 is 0 Å². The molecule has 1 aliphatic carbocycles. The molecule has 0 aliphatic heterocycles. The van der Waals surface area contributed by atoms with E-state index in [0.717, 1.165) is 25.6 Å². The van der Waals surface area contributed by atoms with Crippen LogP contribution in [0, 0.1) is 5.41 Å². The Balaban J connectivity index is 1.85. The number of aromatic nitrogens is 2. The predicted octanol–water partition coefficient (Wildman–Crippen LogP) is 2.22. The van der Waals surface area contributed by atoms with Crippen LogP contribution in [-0.2, 0) is 13.0 Å². The smallest absolute Gasteiger partial charge is 0.0521 e. The molecule has 0 radical (unpaired) electrons. The van der Waals surface area contributed by atoms with Gasteiger partial charge in [0, 0.05) is 25.3 Å². The van der Waals surface area contributed by atoms with Crippen LogP contribution in [0.2, 0.25) is 0 Å². The topological polar surface area (TPSA) is 29.9 Å².